The molecule has 3 aliphatic carbocycles. The molecular weight excluding hydrogens is 588 g/mol. The lowest BCUT2D eigenvalue weighted by Crippen LogP contribution is -2.61. The van der Waals surface area contributed by atoms with Gasteiger partial charge in [-0.3, -0.25) is 14.4 Å². The average Bonchev–Trinajstić information content (AvgIpc) is 3.37. The number of nitrogens with zero attached hydrogens (tertiary/aromatic N) is 1. The molecule has 1 heterocycles. The maximum atomic E-state index is 13.7. The van der Waals surface area contributed by atoms with Gasteiger partial charge in [-0.1, -0.05) is 45.0 Å². The molecule has 3 saturated carbocycles. The van der Waals surface area contributed by atoms with E-state index < -0.39 is 23.0 Å². The molecule has 250 valence electrons. The minimum absolute atomic E-state index is 0.0263. The number of hydrogen-bond donors (Lipinski definition) is 4. The van der Waals surface area contributed by atoms with E-state index in [0.29, 0.717) is 52.0 Å². The van der Waals surface area contributed by atoms with E-state index in [1.165, 1.54) is 0 Å². The van der Waals surface area contributed by atoms with Crippen molar-refractivity contribution < 1.29 is 24.2 Å². The first-order chi connectivity index (χ1) is 21.4. The predicted octanol–water partition coefficient (Wildman–Crippen LogP) is 3.39. The largest absolute Gasteiger partial charge is 0.461 e. The zero-order chi connectivity index (χ0) is 32.4. The van der Waals surface area contributed by atoms with Crippen LogP contribution in [0.2, 0.25) is 0 Å². The predicted molar refractivity (Wildman–Crippen MR) is 177 cm³/mol. The van der Waals surface area contributed by atoms with Crippen molar-refractivity contribution in [2.24, 2.45) is 39.5 Å². The number of rotatable bonds is 10. The molecule has 1 aromatic rings. The van der Waals surface area contributed by atoms with E-state index in [2.05, 4.69) is 38.2 Å². The van der Waals surface area contributed by atoms with Crippen molar-refractivity contribution in [3.63, 3.8) is 0 Å². The van der Waals surface area contributed by atoms with Gasteiger partial charge in [0.2, 0.25) is 5.91 Å². The monoisotopic (exact) mass is 642 g/mol. The van der Waals surface area contributed by atoms with Gasteiger partial charge >= 0.3 is 5.97 Å². The molecular formula is C35H54N4O5S. The Hall–Kier alpha value is -1.98. The van der Waals surface area contributed by atoms with Gasteiger partial charge in [-0.15, -0.1) is 11.8 Å². The molecule has 0 aromatic heterocycles. The van der Waals surface area contributed by atoms with Gasteiger partial charge in [0.25, 0.3) is 0 Å². The second-order valence-electron chi connectivity index (χ2n) is 14.8. The first-order valence-corrected chi connectivity index (χ1v) is 18.0. The summed E-state index contributed by atoms with van der Waals surface area (Å²) in [7, 11) is 0. The summed E-state index contributed by atoms with van der Waals surface area (Å²) in [6.07, 6.45) is 4.86. The number of nitrogens with one attached hydrogen (secondary N) is 1. The van der Waals surface area contributed by atoms with Crippen LogP contribution in [0, 0.1) is 28.1 Å². The summed E-state index contributed by atoms with van der Waals surface area (Å²) in [5.41, 5.74) is 12.2. The van der Waals surface area contributed by atoms with Crippen LogP contribution in [0.4, 0.5) is 0 Å². The molecule has 2 bridgehead atoms. The van der Waals surface area contributed by atoms with Gasteiger partial charge < -0.3 is 31.5 Å². The molecule has 4 fully saturated rings. The second-order valence-corrected chi connectivity index (χ2v) is 16.1. The topological polar surface area (TPSA) is 148 Å². The Bertz CT molecular complexity index is 1220. The standard InChI is InChI=1S/C35H54N4O5S/c1-23-8-12-35-13-9-27(40)32(35)34(23,3)29(44-31(43)21-45-26-10-14-39(15-11-26)30(42)19-37)17-33(2,28(41)16-35)22-38-20-25-6-4-24(18-36)5-7-25/h4-7,23,26,28-29,32,38,41H,8-22,36-37H2,1-3H3. The summed E-state index contributed by atoms with van der Waals surface area (Å²) >= 11 is 1.60. The van der Waals surface area contributed by atoms with Crippen molar-refractivity contribution in [2.75, 3.05) is 31.9 Å². The molecule has 6 N–H and O–H groups in total. The molecule has 4 aliphatic rings. The molecule has 7 unspecified atom stereocenters. The minimum atomic E-state index is -0.632. The Kier molecular flexibility index (Phi) is 10.7. The third kappa shape index (κ3) is 7.00. The number of amides is 1. The molecule has 1 saturated heterocycles. The number of hydrogen-bond acceptors (Lipinski definition) is 9. The van der Waals surface area contributed by atoms with E-state index in [-0.39, 0.29) is 52.5 Å². The Morgan fingerprint density at radius 2 is 1.76 bits per heavy atom. The minimum Gasteiger partial charge on any atom is -0.461 e. The second kappa shape index (κ2) is 14.0. The average molecular weight is 643 g/mol. The van der Waals surface area contributed by atoms with Gasteiger partial charge in [0.1, 0.15) is 11.9 Å². The lowest BCUT2D eigenvalue weighted by Gasteiger charge is -2.60. The number of piperidine rings is 1. The number of aliphatic hydroxyl groups is 1. The van der Waals surface area contributed by atoms with Crippen LogP contribution in [0.1, 0.15) is 83.3 Å². The molecule has 0 spiro atoms. The summed E-state index contributed by atoms with van der Waals surface area (Å²) in [4.78, 5) is 41.0. The highest BCUT2D eigenvalue weighted by Crippen LogP contribution is 2.66. The van der Waals surface area contributed by atoms with Gasteiger partial charge in [-0.05, 0) is 67.4 Å². The van der Waals surface area contributed by atoms with Gasteiger partial charge in [0.05, 0.1) is 18.4 Å². The summed E-state index contributed by atoms with van der Waals surface area (Å²) in [6, 6.07) is 8.24. The van der Waals surface area contributed by atoms with Crippen molar-refractivity contribution in [1.29, 1.82) is 0 Å². The number of thioether (sulfide) groups is 1. The quantitative estimate of drug-likeness (QED) is 0.282. The lowest BCUT2D eigenvalue weighted by molar-refractivity contribution is -0.196. The number of benzene rings is 1. The van der Waals surface area contributed by atoms with E-state index in [9.17, 15) is 19.5 Å². The van der Waals surface area contributed by atoms with E-state index >= 15 is 0 Å². The highest BCUT2D eigenvalue weighted by atomic mass is 32.2. The molecule has 45 heavy (non-hydrogen) atoms. The van der Waals surface area contributed by atoms with E-state index in [0.717, 1.165) is 43.2 Å². The molecule has 1 amide bonds. The summed E-state index contributed by atoms with van der Waals surface area (Å²) in [5, 5.41) is 15.8. The third-order valence-electron chi connectivity index (χ3n) is 12.1. The van der Waals surface area contributed by atoms with Crippen LogP contribution in [-0.4, -0.2) is 77.1 Å². The molecule has 0 radical (unpaired) electrons. The Labute approximate surface area is 272 Å². The van der Waals surface area contributed by atoms with Crippen LogP contribution >= 0.6 is 11.8 Å². The molecule has 1 aliphatic heterocycles. The fourth-order valence-electron chi connectivity index (χ4n) is 9.04. The van der Waals surface area contributed by atoms with Gasteiger partial charge in [0, 0.05) is 61.1 Å². The number of ether oxygens (including phenoxy) is 1. The maximum absolute atomic E-state index is 13.7. The Morgan fingerprint density at radius 3 is 2.42 bits per heavy atom. The maximum Gasteiger partial charge on any atom is 0.316 e. The normalized spacial score (nSPS) is 35.4. The van der Waals surface area contributed by atoms with Crippen molar-refractivity contribution in [1.82, 2.24) is 10.2 Å². The van der Waals surface area contributed by atoms with Crippen molar-refractivity contribution >= 4 is 29.4 Å². The van der Waals surface area contributed by atoms with Crippen molar-refractivity contribution in [2.45, 2.75) is 103 Å². The number of nitrogens with two attached hydrogens (primary N) is 2. The molecule has 7 atom stereocenters. The first kappa shape index (κ1) is 34.4. The summed E-state index contributed by atoms with van der Waals surface area (Å²) < 4.78 is 6.50. The zero-order valence-corrected chi connectivity index (χ0v) is 28.2. The number of aliphatic hydroxyl groups excluding tert-OH is 1. The SMILES string of the molecule is CC1CCC23CCC(=O)C2C1(C)C(OC(=O)CSC1CCN(C(=O)CN)CC1)CC(C)(CNCc1ccc(CN)cc1)C(O)C3. The number of esters is 1. The smallest absolute Gasteiger partial charge is 0.316 e. The van der Waals surface area contributed by atoms with Crippen molar-refractivity contribution in [3.05, 3.63) is 35.4 Å². The van der Waals surface area contributed by atoms with Crippen LogP contribution in [-0.2, 0) is 32.2 Å². The number of Topliss-reactive ketones (excluding diaryl/α,β-unsaturated/α-hetero) is 1. The van der Waals surface area contributed by atoms with E-state index in [4.69, 9.17) is 16.2 Å². The Morgan fingerprint density at radius 1 is 1.07 bits per heavy atom. The fourth-order valence-corrected chi connectivity index (χ4v) is 10.0. The molecule has 1 aromatic carbocycles. The van der Waals surface area contributed by atoms with Crippen LogP contribution in [0.25, 0.3) is 0 Å². The van der Waals surface area contributed by atoms with E-state index in [1.54, 1.807) is 16.7 Å². The molecule has 10 heteroatoms. The lowest BCUT2D eigenvalue weighted by atomic mass is 9.46. The highest BCUT2D eigenvalue weighted by molar-refractivity contribution is 8.00. The molecule has 9 nitrogen and oxygen atoms in total. The van der Waals surface area contributed by atoms with Gasteiger partial charge in [-0.2, -0.15) is 0 Å². The van der Waals surface area contributed by atoms with Crippen LogP contribution in [0.5, 0.6) is 0 Å². The zero-order valence-electron chi connectivity index (χ0n) is 27.4. The number of carbonyl (C=O) groups is 3. The Balaban J connectivity index is 1.33. The first-order valence-electron chi connectivity index (χ1n) is 16.9. The number of ketones is 1. The number of carbonyl (C=O) groups excluding carboxylic acids is 3. The third-order valence-corrected chi connectivity index (χ3v) is 13.5. The van der Waals surface area contributed by atoms with Crippen molar-refractivity contribution in [3.8, 4) is 0 Å². The highest BCUT2D eigenvalue weighted by Gasteiger charge is 2.66. The van der Waals surface area contributed by atoms with Gasteiger partial charge in [0.15, 0.2) is 0 Å². The summed E-state index contributed by atoms with van der Waals surface area (Å²) in [6.45, 7) is 9.61. The van der Waals surface area contributed by atoms with Crippen LogP contribution in [0.15, 0.2) is 24.3 Å². The van der Waals surface area contributed by atoms with E-state index in [1.807, 2.05) is 12.1 Å². The summed E-state index contributed by atoms with van der Waals surface area (Å²) in [5.74, 6) is 0.215. The number of likely N-dealkylation sites (tertiary alicyclic amines) is 1. The molecule has 5 rings (SSSR count). The fraction of sp³-hybridized carbons (Fsp3) is 0.743. The van der Waals surface area contributed by atoms with Crippen LogP contribution < -0.4 is 16.8 Å². The van der Waals surface area contributed by atoms with Gasteiger partial charge in [-0.25, -0.2) is 0 Å². The van der Waals surface area contributed by atoms with Crippen LogP contribution in [0.3, 0.4) is 0 Å².